The number of nitrogens with zero attached hydrogens (tertiary/aromatic N) is 3. The molecule has 21 heavy (non-hydrogen) atoms. The Labute approximate surface area is 120 Å². The van der Waals surface area contributed by atoms with Crippen LogP contribution < -0.4 is 0 Å². The van der Waals surface area contributed by atoms with Gasteiger partial charge in [0.25, 0.3) is 0 Å². The first-order valence-corrected chi connectivity index (χ1v) is 6.73. The summed E-state index contributed by atoms with van der Waals surface area (Å²) in [6.45, 7) is 4.34. The summed E-state index contributed by atoms with van der Waals surface area (Å²) in [6, 6.07) is 4.20. The SMILES string of the molecule is CCCn1nncc1C(=O)c1oc2ccc(F)cc2c1C. The first-order chi connectivity index (χ1) is 10.1. The number of benzene rings is 1. The fourth-order valence-corrected chi connectivity index (χ4v) is 2.34. The Hall–Kier alpha value is -2.50. The second-order valence-corrected chi connectivity index (χ2v) is 4.87. The van der Waals surface area contributed by atoms with Crippen LogP contribution in [-0.2, 0) is 6.54 Å². The van der Waals surface area contributed by atoms with Crippen molar-refractivity contribution in [1.29, 1.82) is 0 Å². The highest BCUT2D eigenvalue weighted by atomic mass is 19.1. The van der Waals surface area contributed by atoms with E-state index in [1.807, 2.05) is 6.92 Å². The summed E-state index contributed by atoms with van der Waals surface area (Å²) in [6.07, 6.45) is 2.26. The lowest BCUT2D eigenvalue weighted by atomic mass is 10.1. The van der Waals surface area contributed by atoms with Gasteiger partial charge in [0, 0.05) is 17.5 Å². The quantitative estimate of drug-likeness (QED) is 0.692. The minimum absolute atomic E-state index is 0.204. The lowest BCUT2D eigenvalue weighted by molar-refractivity contribution is 0.1000. The molecule has 108 valence electrons. The molecule has 0 unspecified atom stereocenters. The van der Waals surface area contributed by atoms with Crippen molar-refractivity contribution >= 4 is 16.8 Å². The number of furan rings is 1. The first-order valence-electron chi connectivity index (χ1n) is 6.73. The van der Waals surface area contributed by atoms with Gasteiger partial charge >= 0.3 is 0 Å². The molecule has 2 aromatic heterocycles. The van der Waals surface area contributed by atoms with Gasteiger partial charge in [0.15, 0.2) is 5.76 Å². The molecular weight excluding hydrogens is 273 g/mol. The molecule has 0 radical (unpaired) electrons. The van der Waals surface area contributed by atoms with Gasteiger partial charge in [-0.1, -0.05) is 12.1 Å². The van der Waals surface area contributed by atoms with Crippen LogP contribution in [0.15, 0.2) is 28.8 Å². The number of hydrogen-bond donors (Lipinski definition) is 0. The van der Waals surface area contributed by atoms with Crippen molar-refractivity contribution in [3.05, 3.63) is 47.2 Å². The minimum atomic E-state index is -0.358. The van der Waals surface area contributed by atoms with Gasteiger partial charge in [-0.3, -0.25) is 4.79 Å². The Bertz CT molecular complexity index is 820. The van der Waals surface area contributed by atoms with Crippen molar-refractivity contribution in [3.8, 4) is 0 Å². The van der Waals surface area contributed by atoms with E-state index in [-0.39, 0.29) is 17.4 Å². The zero-order valence-electron chi connectivity index (χ0n) is 11.8. The Kier molecular flexibility index (Phi) is 3.29. The summed E-state index contributed by atoms with van der Waals surface area (Å²) in [5.74, 6) is -0.444. The molecule has 0 spiro atoms. The van der Waals surface area contributed by atoms with Gasteiger partial charge in [-0.2, -0.15) is 0 Å². The third-order valence-electron chi connectivity index (χ3n) is 3.39. The van der Waals surface area contributed by atoms with Crippen LogP contribution in [0.4, 0.5) is 4.39 Å². The van der Waals surface area contributed by atoms with Crippen molar-refractivity contribution in [1.82, 2.24) is 15.0 Å². The molecule has 0 aliphatic heterocycles. The Balaban J connectivity index is 2.09. The average Bonchev–Trinajstić information content (AvgIpc) is 3.04. The predicted molar refractivity (Wildman–Crippen MR) is 74.7 cm³/mol. The lowest BCUT2D eigenvalue weighted by Crippen LogP contribution is -2.11. The largest absolute Gasteiger partial charge is 0.452 e. The number of aromatic nitrogens is 3. The molecule has 0 aliphatic rings. The number of carbonyl (C=O) groups is 1. The highest BCUT2D eigenvalue weighted by molar-refractivity contribution is 6.09. The maximum Gasteiger partial charge on any atom is 0.248 e. The highest BCUT2D eigenvalue weighted by Crippen LogP contribution is 2.27. The average molecular weight is 287 g/mol. The predicted octanol–water partition coefficient (Wildman–Crippen LogP) is 3.11. The van der Waals surface area contributed by atoms with Gasteiger partial charge in [-0.15, -0.1) is 5.10 Å². The molecule has 6 heteroatoms. The van der Waals surface area contributed by atoms with Crippen LogP contribution in [0.2, 0.25) is 0 Å². The van der Waals surface area contributed by atoms with Gasteiger partial charge in [-0.25, -0.2) is 9.07 Å². The van der Waals surface area contributed by atoms with Crippen molar-refractivity contribution < 1.29 is 13.6 Å². The lowest BCUT2D eigenvalue weighted by Gasteiger charge is -2.02. The van der Waals surface area contributed by atoms with Crippen LogP contribution in [0.5, 0.6) is 0 Å². The molecule has 0 fully saturated rings. The molecule has 3 aromatic rings. The van der Waals surface area contributed by atoms with E-state index in [1.165, 1.54) is 24.4 Å². The molecule has 1 aromatic carbocycles. The third-order valence-corrected chi connectivity index (χ3v) is 3.39. The monoisotopic (exact) mass is 287 g/mol. The van der Waals surface area contributed by atoms with Gasteiger partial charge in [0.1, 0.15) is 17.1 Å². The summed E-state index contributed by atoms with van der Waals surface area (Å²) in [5, 5.41) is 8.27. The maximum absolute atomic E-state index is 13.3. The standard InChI is InChI=1S/C15H14FN3O2/c1-3-6-19-12(8-17-18-19)14(20)15-9(2)11-7-10(16)4-5-13(11)21-15/h4-5,7-8H,3,6H2,1-2H3. The van der Waals surface area contributed by atoms with Gasteiger partial charge in [0.2, 0.25) is 5.78 Å². The number of fused-ring (bicyclic) bond motifs is 1. The topological polar surface area (TPSA) is 60.9 Å². The smallest absolute Gasteiger partial charge is 0.248 e. The van der Waals surface area contributed by atoms with Crippen molar-refractivity contribution in [2.45, 2.75) is 26.8 Å². The van der Waals surface area contributed by atoms with Crippen molar-refractivity contribution in [2.75, 3.05) is 0 Å². The van der Waals surface area contributed by atoms with E-state index in [0.717, 1.165) is 6.42 Å². The molecule has 3 rings (SSSR count). The summed E-state index contributed by atoms with van der Waals surface area (Å²) in [5.41, 5.74) is 1.49. The van der Waals surface area contributed by atoms with Crippen LogP contribution >= 0.6 is 0 Å². The van der Waals surface area contributed by atoms with Crippen LogP contribution in [-0.4, -0.2) is 20.8 Å². The van der Waals surface area contributed by atoms with E-state index in [4.69, 9.17) is 4.42 Å². The molecule has 0 aliphatic carbocycles. The Morgan fingerprint density at radius 2 is 2.24 bits per heavy atom. The molecule has 0 saturated heterocycles. The second-order valence-electron chi connectivity index (χ2n) is 4.87. The van der Waals surface area contributed by atoms with Crippen molar-refractivity contribution in [2.24, 2.45) is 0 Å². The fourth-order valence-electron chi connectivity index (χ4n) is 2.34. The van der Waals surface area contributed by atoms with E-state index >= 15 is 0 Å². The molecular formula is C15H14FN3O2. The number of ketones is 1. The zero-order valence-corrected chi connectivity index (χ0v) is 11.8. The first kappa shape index (κ1) is 13.5. The maximum atomic E-state index is 13.3. The van der Waals surface area contributed by atoms with Gasteiger partial charge < -0.3 is 4.42 Å². The van der Waals surface area contributed by atoms with Crippen LogP contribution in [0, 0.1) is 12.7 Å². The van der Waals surface area contributed by atoms with Crippen molar-refractivity contribution in [3.63, 3.8) is 0 Å². The summed E-state index contributed by atoms with van der Waals surface area (Å²) in [4.78, 5) is 12.6. The number of aryl methyl sites for hydroxylation is 2. The van der Waals surface area contributed by atoms with Crippen LogP contribution in [0.25, 0.3) is 11.0 Å². The van der Waals surface area contributed by atoms with Crippen LogP contribution in [0.1, 0.15) is 35.2 Å². The van der Waals surface area contributed by atoms with Gasteiger partial charge in [0.05, 0.1) is 6.20 Å². The molecule has 0 saturated carbocycles. The minimum Gasteiger partial charge on any atom is -0.452 e. The molecule has 0 bridgehead atoms. The second kappa shape index (κ2) is 5.12. The van der Waals surface area contributed by atoms with E-state index in [2.05, 4.69) is 10.3 Å². The molecule has 0 N–H and O–H groups in total. The summed E-state index contributed by atoms with van der Waals surface area (Å²) < 4.78 is 20.5. The van der Waals surface area contributed by atoms with Gasteiger partial charge in [-0.05, 0) is 31.5 Å². The molecule has 0 atom stereocenters. The van der Waals surface area contributed by atoms with E-state index in [0.29, 0.717) is 28.8 Å². The number of hydrogen-bond acceptors (Lipinski definition) is 4. The van der Waals surface area contributed by atoms with E-state index in [9.17, 15) is 9.18 Å². The fraction of sp³-hybridized carbons (Fsp3) is 0.267. The number of carbonyl (C=O) groups excluding carboxylic acids is 1. The van der Waals surface area contributed by atoms with E-state index in [1.54, 1.807) is 11.6 Å². The summed E-state index contributed by atoms with van der Waals surface area (Å²) in [7, 11) is 0. The molecule has 2 heterocycles. The third kappa shape index (κ3) is 2.22. The van der Waals surface area contributed by atoms with Crippen LogP contribution in [0.3, 0.4) is 0 Å². The number of halogens is 1. The normalized spacial score (nSPS) is 11.2. The Morgan fingerprint density at radius 1 is 1.43 bits per heavy atom. The molecule has 5 nitrogen and oxygen atoms in total. The van der Waals surface area contributed by atoms with E-state index < -0.39 is 0 Å². The molecule has 0 amide bonds. The summed E-state index contributed by atoms with van der Waals surface area (Å²) >= 11 is 0. The zero-order chi connectivity index (χ0) is 15.0. The number of rotatable bonds is 4. The highest BCUT2D eigenvalue weighted by Gasteiger charge is 2.22. The Morgan fingerprint density at radius 3 is 3.00 bits per heavy atom.